The van der Waals surface area contributed by atoms with E-state index in [0.717, 1.165) is 18.5 Å². The van der Waals surface area contributed by atoms with E-state index in [4.69, 9.17) is 4.74 Å². The summed E-state index contributed by atoms with van der Waals surface area (Å²) in [7, 11) is 1.45. The second kappa shape index (κ2) is 4.63. The molecule has 0 spiro atoms. The summed E-state index contributed by atoms with van der Waals surface area (Å²) in [5.41, 5.74) is 0.298. The van der Waals surface area contributed by atoms with Crippen molar-refractivity contribution in [2.45, 2.75) is 25.5 Å². The van der Waals surface area contributed by atoms with Gasteiger partial charge in [0, 0.05) is 19.6 Å². The number of halogens is 1. The van der Waals surface area contributed by atoms with Gasteiger partial charge in [0.1, 0.15) is 0 Å². The fraction of sp³-hybridized carbons (Fsp3) is 0.538. The molecule has 1 heterocycles. The molecule has 0 amide bonds. The summed E-state index contributed by atoms with van der Waals surface area (Å²) in [6, 6.07) is 4.99. The lowest BCUT2D eigenvalue weighted by molar-refractivity contribution is 0.0679. The highest BCUT2D eigenvalue weighted by Crippen LogP contribution is 2.23. The molecule has 1 aliphatic heterocycles. The molecule has 1 saturated heterocycles. The molecule has 1 aromatic carbocycles. The van der Waals surface area contributed by atoms with Gasteiger partial charge in [-0.1, -0.05) is 6.07 Å². The third-order valence-corrected chi connectivity index (χ3v) is 3.15. The van der Waals surface area contributed by atoms with E-state index in [2.05, 4.69) is 4.90 Å². The number of β-amino-alcohol motifs (C(OH)–C–C–N with tert-alkyl or cyclic N) is 1. The van der Waals surface area contributed by atoms with Gasteiger partial charge in [0.15, 0.2) is 11.6 Å². The van der Waals surface area contributed by atoms with Crippen LogP contribution in [0.25, 0.3) is 0 Å². The average Bonchev–Trinajstić information content (AvgIpc) is 2.58. The minimum Gasteiger partial charge on any atom is -0.494 e. The van der Waals surface area contributed by atoms with E-state index >= 15 is 0 Å². The van der Waals surface area contributed by atoms with Gasteiger partial charge >= 0.3 is 0 Å². The van der Waals surface area contributed by atoms with E-state index in [0.29, 0.717) is 13.1 Å². The number of nitrogens with zero attached hydrogens (tertiary/aromatic N) is 1. The monoisotopic (exact) mass is 239 g/mol. The summed E-state index contributed by atoms with van der Waals surface area (Å²) in [6.07, 6.45) is 0.769. The zero-order valence-electron chi connectivity index (χ0n) is 10.2. The predicted octanol–water partition coefficient (Wildman–Crippen LogP) is 1.79. The van der Waals surface area contributed by atoms with Gasteiger partial charge in [-0.25, -0.2) is 4.39 Å². The fourth-order valence-electron chi connectivity index (χ4n) is 2.24. The summed E-state index contributed by atoms with van der Waals surface area (Å²) in [4.78, 5) is 2.13. The van der Waals surface area contributed by atoms with Crippen LogP contribution in [0, 0.1) is 5.82 Å². The molecule has 0 aliphatic carbocycles. The highest BCUT2D eigenvalue weighted by Gasteiger charge is 2.31. The predicted molar refractivity (Wildman–Crippen MR) is 63.5 cm³/mol. The second-order valence-electron chi connectivity index (χ2n) is 4.93. The van der Waals surface area contributed by atoms with Crippen LogP contribution >= 0.6 is 0 Å². The minimum absolute atomic E-state index is 0.266. The summed E-state index contributed by atoms with van der Waals surface area (Å²) in [5, 5.41) is 9.84. The third kappa shape index (κ3) is 2.96. The highest BCUT2D eigenvalue weighted by molar-refractivity contribution is 5.29. The van der Waals surface area contributed by atoms with Crippen molar-refractivity contribution < 1.29 is 14.2 Å². The second-order valence-corrected chi connectivity index (χ2v) is 4.93. The first kappa shape index (κ1) is 12.3. The number of aliphatic hydroxyl groups is 1. The smallest absolute Gasteiger partial charge is 0.165 e. The number of benzene rings is 1. The van der Waals surface area contributed by atoms with Crippen molar-refractivity contribution in [3.63, 3.8) is 0 Å². The summed E-state index contributed by atoms with van der Waals surface area (Å²) in [6.45, 7) is 3.99. The molecule has 1 N–H and O–H groups in total. The van der Waals surface area contributed by atoms with Crippen LogP contribution in [0.15, 0.2) is 18.2 Å². The van der Waals surface area contributed by atoms with Gasteiger partial charge in [-0.2, -0.15) is 0 Å². The van der Waals surface area contributed by atoms with Crippen LogP contribution in [0.4, 0.5) is 4.39 Å². The molecule has 2 rings (SSSR count). The van der Waals surface area contributed by atoms with Crippen molar-refractivity contribution in [3.8, 4) is 5.75 Å². The van der Waals surface area contributed by atoms with E-state index in [-0.39, 0.29) is 11.6 Å². The molecule has 0 aromatic heterocycles. The molecule has 1 unspecified atom stereocenters. The van der Waals surface area contributed by atoms with Gasteiger partial charge in [-0.3, -0.25) is 4.90 Å². The molecule has 4 heteroatoms. The van der Waals surface area contributed by atoms with E-state index < -0.39 is 5.60 Å². The van der Waals surface area contributed by atoms with Crippen LogP contribution in [0.3, 0.4) is 0 Å². The lowest BCUT2D eigenvalue weighted by Crippen LogP contribution is -2.29. The van der Waals surface area contributed by atoms with Crippen LogP contribution < -0.4 is 4.74 Å². The quantitative estimate of drug-likeness (QED) is 0.873. The van der Waals surface area contributed by atoms with Crippen molar-refractivity contribution in [2.75, 3.05) is 20.2 Å². The van der Waals surface area contributed by atoms with Crippen LogP contribution in [-0.2, 0) is 6.54 Å². The average molecular weight is 239 g/mol. The first-order valence-corrected chi connectivity index (χ1v) is 5.77. The van der Waals surface area contributed by atoms with Gasteiger partial charge in [-0.05, 0) is 31.0 Å². The SMILES string of the molecule is COc1ccc(CN2CCC(C)(O)C2)cc1F. The Balaban J connectivity index is 2.02. The molecular formula is C13H18FNO2. The third-order valence-electron chi connectivity index (χ3n) is 3.15. The van der Waals surface area contributed by atoms with Crippen LogP contribution in [0.2, 0.25) is 0 Å². The van der Waals surface area contributed by atoms with Crippen molar-refractivity contribution in [2.24, 2.45) is 0 Å². The Morgan fingerprint density at radius 2 is 2.29 bits per heavy atom. The fourth-order valence-corrected chi connectivity index (χ4v) is 2.24. The Kier molecular flexibility index (Phi) is 3.35. The Bertz CT molecular complexity index is 406. The highest BCUT2D eigenvalue weighted by atomic mass is 19.1. The largest absolute Gasteiger partial charge is 0.494 e. The topological polar surface area (TPSA) is 32.7 Å². The Morgan fingerprint density at radius 1 is 1.53 bits per heavy atom. The van der Waals surface area contributed by atoms with Gasteiger partial charge < -0.3 is 9.84 Å². The zero-order chi connectivity index (χ0) is 12.5. The standard InChI is InChI=1S/C13H18FNO2/c1-13(16)5-6-15(9-13)8-10-3-4-12(17-2)11(14)7-10/h3-4,7,16H,5-6,8-9H2,1-2H3. The molecular weight excluding hydrogens is 221 g/mol. The molecule has 1 atom stereocenters. The first-order valence-electron chi connectivity index (χ1n) is 5.77. The number of methoxy groups -OCH3 is 1. The van der Waals surface area contributed by atoms with Gasteiger partial charge in [0.25, 0.3) is 0 Å². The molecule has 0 saturated carbocycles. The van der Waals surface area contributed by atoms with Crippen LogP contribution in [0.5, 0.6) is 5.75 Å². The van der Waals surface area contributed by atoms with Crippen molar-refractivity contribution in [3.05, 3.63) is 29.6 Å². The number of rotatable bonds is 3. The Labute approximate surface area is 101 Å². The van der Waals surface area contributed by atoms with E-state index in [1.54, 1.807) is 6.07 Å². The lowest BCUT2D eigenvalue weighted by atomic mass is 10.1. The Hall–Kier alpha value is -1.13. The minimum atomic E-state index is -0.606. The van der Waals surface area contributed by atoms with Crippen molar-refractivity contribution in [1.29, 1.82) is 0 Å². The maximum Gasteiger partial charge on any atom is 0.165 e. The molecule has 1 aromatic rings. The summed E-state index contributed by atoms with van der Waals surface area (Å²) >= 11 is 0. The van der Waals surface area contributed by atoms with Gasteiger partial charge in [0.05, 0.1) is 12.7 Å². The zero-order valence-corrected chi connectivity index (χ0v) is 10.2. The van der Waals surface area contributed by atoms with E-state index in [9.17, 15) is 9.50 Å². The molecule has 1 aliphatic rings. The number of hydrogen-bond donors (Lipinski definition) is 1. The van der Waals surface area contributed by atoms with E-state index in [1.807, 2.05) is 13.0 Å². The number of likely N-dealkylation sites (tertiary alicyclic amines) is 1. The molecule has 1 fully saturated rings. The molecule has 94 valence electrons. The molecule has 0 bridgehead atoms. The molecule has 0 radical (unpaired) electrons. The normalized spacial score (nSPS) is 25.2. The first-order chi connectivity index (χ1) is 8.00. The van der Waals surface area contributed by atoms with Crippen LogP contribution in [-0.4, -0.2) is 35.8 Å². The summed E-state index contributed by atoms with van der Waals surface area (Å²) < 4.78 is 18.4. The van der Waals surface area contributed by atoms with Crippen molar-refractivity contribution >= 4 is 0 Å². The van der Waals surface area contributed by atoms with Gasteiger partial charge in [-0.15, -0.1) is 0 Å². The number of hydrogen-bond acceptors (Lipinski definition) is 3. The Morgan fingerprint density at radius 3 is 2.82 bits per heavy atom. The van der Waals surface area contributed by atoms with E-state index in [1.165, 1.54) is 13.2 Å². The van der Waals surface area contributed by atoms with Gasteiger partial charge in [0.2, 0.25) is 0 Å². The number of ether oxygens (including phenoxy) is 1. The van der Waals surface area contributed by atoms with Crippen LogP contribution in [0.1, 0.15) is 18.9 Å². The summed E-state index contributed by atoms with van der Waals surface area (Å²) in [5.74, 6) is -0.0712. The molecule has 17 heavy (non-hydrogen) atoms. The maximum absolute atomic E-state index is 13.5. The molecule has 3 nitrogen and oxygen atoms in total. The maximum atomic E-state index is 13.5. The lowest BCUT2D eigenvalue weighted by Gasteiger charge is -2.19. The van der Waals surface area contributed by atoms with Crippen molar-refractivity contribution in [1.82, 2.24) is 4.90 Å².